The highest BCUT2D eigenvalue weighted by molar-refractivity contribution is 5.46. The van der Waals surface area contributed by atoms with Gasteiger partial charge in [0.15, 0.2) is 11.5 Å². The Morgan fingerprint density at radius 1 is 1.18 bits per heavy atom. The molecule has 1 aromatic rings. The summed E-state index contributed by atoms with van der Waals surface area (Å²) in [6, 6.07) is 6.17. The second kappa shape index (κ2) is 15.5. The Kier molecular flexibility index (Phi) is 13.4. The molecule has 1 spiro atoms. The van der Waals surface area contributed by atoms with Gasteiger partial charge in [-0.25, -0.2) is 0 Å². The number of hydrogen-bond acceptors (Lipinski definition) is 7. The molecule has 9 nitrogen and oxygen atoms in total. The molecule has 1 aliphatic carbocycles. The average molecular weight is 469 g/mol. The zero-order chi connectivity index (χ0) is 24.7. The van der Waals surface area contributed by atoms with Gasteiger partial charge in [-0.1, -0.05) is 18.6 Å². The molecular weight excluding hydrogens is 428 g/mol. The number of para-hydroxylation sites is 1. The number of nitrogens with zero attached hydrogens (tertiary/aromatic N) is 2. The molecule has 188 valence electrons. The van der Waals surface area contributed by atoms with Gasteiger partial charge < -0.3 is 29.7 Å². The Balaban J connectivity index is 0.000000819. The van der Waals surface area contributed by atoms with Crippen molar-refractivity contribution in [3.63, 3.8) is 0 Å². The molecule has 0 amide bonds. The highest BCUT2D eigenvalue weighted by Gasteiger charge is 2.44. The second-order valence-electron chi connectivity index (χ2n) is 8.75. The summed E-state index contributed by atoms with van der Waals surface area (Å²) in [6.07, 6.45) is 6.48. The number of rotatable bonds is 8. The predicted molar refractivity (Wildman–Crippen MR) is 126 cm³/mol. The zero-order valence-corrected chi connectivity index (χ0v) is 20.1. The SMILES string of the molecule is COc1cccc(CN2CCC[C@]3(CCC[C@H]3O)C2)c1OCCCN(C)C.O=CO.O=CO. The van der Waals surface area contributed by atoms with E-state index in [9.17, 15) is 5.11 Å². The normalized spacial score (nSPS) is 22.0. The van der Waals surface area contributed by atoms with Gasteiger partial charge in [-0.3, -0.25) is 14.5 Å². The number of piperidine rings is 1. The molecule has 1 aromatic carbocycles. The van der Waals surface area contributed by atoms with E-state index in [2.05, 4.69) is 30.0 Å². The van der Waals surface area contributed by atoms with Gasteiger partial charge in [0.05, 0.1) is 19.8 Å². The van der Waals surface area contributed by atoms with Crippen molar-refractivity contribution in [1.82, 2.24) is 9.80 Å². The molecule has 1 aliphatic heterocycles. The van der Waals surface area contributed by atoms with Crippen molar-refractivity contribution in [1.29, 1.82) is 0 Å². The molecule has 1 heterocycles. The van der Waals surface area contributed by atoms with Crippen LogP contribution in [0.4, 0.5) is 0 Å². The van der Waals surface area contributed by atoms with E-state index in [0.717, 1.165) is 69.8 Å². The fourth-order valence-electron chi connectivity index (χ4n) is 4.80. The van der Waals surface area contributed by atoms with Gasteiger partial charge in [-0.15, -0.1) is 0 Å². The summed E-state index contributed by atoms with van der Waals surface area (Å²) in [5.41, 5.74) is 1.30. The largest absolute Gasteiger partial charge is 0.493 e. The first-order valence-corrected chi connectivity index (χ1v) is 11.4. The van der Waals surface area contributed by atoms with E-state index >= 15 is 0 Å². The number of aliphatic hydroxyl groups is 1. The molecule has 3 N–H and O–H groups in total. The molecule has 1 saturated heterocycles. The average Bonchev–Trinajstić information content (AvgIpc) is 3.12. The first-order valence-electron chi connectivity index (χ1n) is 11.4. The number of carbonyl (C=O) groups is 2. The number of hydrogen-bond donors (Lipinski definition) is 3. The van der Waals surface area contributed by atoms with E-state index in [-0.39, 0.29) is 24.5 Å². The van der Waals surface area contributed by atoms with E-state index in [1.807, 2.05) is 12.1 Å². The number of benzene rings is 1. The van der Waals surface area contributed by atoms with E-state index in [1.165, 1.54) is 12.0 Å². The summed E-state index contributed by atoms with van der Waals surface area (Å²) in [5.74, 6) is 1.69. The van der Waals surface area contributed by atoms with E-state index in [4.69, 9.17) is 29.3 Å². The van der Waals surface area contributed by atoms with Gasteiger partial charge >= 0.3 is 0 Å². The molecule has 0 unspecified atom stereocenters. The fraction of sp³-hybridized carbons (Fsp3) is 0.667. The van der Waals surface area contributed by atoms with Crippen LogP contribution in [0, 0.1) is 5.41 Å². The van der Waals surface area contributed by atoms with E-state index in [0.29, 0.717) is 6.61 Å². The van der Waals surface area contributed by atoms with Crippen molar-refractivity contribution >= 4 is 12.9 Å². The van der Waals surface area contributed by atoms with Crippen molar-refractivity contribution in [2.24, 2.45) is 5.41 Å². The van der Waals surface area contributed by atoms with Crippen molar-refractivity contribution in [3.05, 3.63) is 23.8 Å². The highest BCUT2D eigenvalue weighted by atomic mass is 16.5. The minimum Gasteiger partial charge on any atom is -0.493 e. The first-order chi connectivity index (χ1) is 15.9. The Hall–Kier alpha value is -2.36. The first kappa shape index (κ1) is 28.7. The minimum absolute atomic E-state index is 0.115. The maximum absolute atomic E-state index is 10.5. The van der Waals surface area contributed by atoms with Gasteiger partial charge in [0, 0.05) is 30.6 Å². The Bertz CT molecular complexity index is 695. The molecule has 2 atom stereocenters. The minimum atomic E-state index is -0.250. The number of ether oxygens (including phenoxy) is 2. The van der Waals surface area contributed by atoms with Crippen molar-refractivity contribution in [3.8, 4) is 11.5 Å². The summed E-state index contributed by atoms with van der Waals surface area (Å²) in [6.45, 7) is 4.14. The lowest BCUT2D eigenvalue weighted by molar-refractivity contribution is -0.123. The number of aliphatic hydroxyl groups excluding tert-OH is 1. The molecule has 2 fully saturated rings. The fourth-order valence-corrected chi connectivity index (χ4v) is 4.80. The molecule has 2 aliphatic rings. The van der Waals surface area contributed by atoms with Gasteiger partial charge in [-0.05, 0) is 58.8 Å². The number of carboxylic acid groups (broad SMARTS) is 2. The summed E-state index contributed by atoms with van der Waals surface area (Å²) < 4.78 is 11.7. The lowest BCUT2D eigenvalue weighted by Gasteiger charge is -2.42. The van der Waals surface area contributed by atoms with Gasteiger partial charge in [0.1, 0.15) is 0 Å². The molecule has 0 aromatic heterocycles. The van der Waals surface area contributed by atoms with Crippen molar-refractivity contribution in [2.45, 2.75) is 51.2 Å². The zero-order valence-electron chi connectivity index (χ0n) is 20.1. The summed E-state index contributed by atoms with van der Waals surface area (Å²) in [7, 11) is 5.87. The van der Waals surface area contributed by atoms with Crippen LogP contribution in [0.25, 0.3) is 0 Å². The van der Waals surface area contributed by atoms with Gasteiger partial charge in [0.2, 0.25) is 0 Å². The highest BCUT2D eigenvalue weighted by Crippen LogP contribution is 2.45. The topological polar surface area (TPSA) is 120 Å². The maximum atomic E-state index is 10.5. The van der Waals surface area contributed by atoms with Crippen LogP contribution in [0.5, 0.6) is 11.5 Å². The molecule has 33 heavy (non-hydrogen) atoms. The van der Waals surface area contributed by atoms with Crippen molar-refractivity contribution in [2.75, 3.05) is 47.4 Å². The van der Waals surface area contributed by atoms with Crippen LogP contribution in [-0.4, -0.2) is 91.6 Å². The lowest BCUT2D eigenvalue weighted by Crippen LogP contribution is -2.46. The van der Waals surface area contributed by atoms with Crippen LogP contribution in [0.3, 0.4) is 0 Å². The lowest BCUT2D eigenvalue weighted by atomic mass is 9.76. The van der Waals surface area contributed by atoms with Crippen LogP contribution in [0.2, 0.25) is 0 Å². The molecule has 0 radical (unpaired) electrons. The van der Waals surface area contributed by atoms with Crippen LogP contribution in [0.1, 0.15) is 44.1 Å². The third kappa shape index (κ3) is 9.19. The van der Waals surface area contributed by atoms with Crippen LogP contribution < -0.4 is 9.47 Å². The summed E-state index contributed by atoms with van der Waals surface area (Å²) in [5, 5.41) is 24.3. The summed E-state index contributed by atoms with van der Waals surface area (Å²) in [4.78, 5) is 21.4. The third-order valence-electron chi connectivity index (χ3n) is 6.22. The number of likely N-dealkylation sites (tertiary alicyclic amines) is 1. The van der Waals surface area contributed by atoms with Crippen LogP contribution in [0.15, 0.2) is 18.2 Å². The molecular formula is C24H40N2O7. The monoisotopic (exact) mass is 468 g/mol. The molecule has 1 saturated carbocycles. The Morgan fingerprint density at radius 3 is 2.42 bits per heavy atom. The molecule has 3 rings (SSSR count). The molecule has 9 heteroatoms. The van der Waals surface area contributed by atoms with E-state index in [1.54, 1.807) is 7.11 Å². The third-order valence-corrected chi connectivity index (χ3v) is 6.22. The quantitative estimate of drug-likeness (QED) is 0.390. The van der Waals surface area contributed by atoms with Gasteiger partial charge in [-0.2, -0.15) is 0 Å². The smallest absolute Gasteiger partial charge is 0.290 e. The summed E-state index contributed by atoms with van der Waals surface area (Å²) >= 11 is 0. The Labute approximate surface area is 196 Å². The van der Waals surface area contributed by atoms with Crippen LogP contribution in [-0.2, 0) is 16.1 Å². The van der Waals surface area contributed by atoms with Crippen LogP contribution >= 0.6 is 0 Å². The van der Waals surface area contributed by atoms with E-state index < -0.39 is 0 Å². The van der Waals surface area contributed by atoms with Crippen molar-refractivity contribution < 1.29 is 34.4 Å². The standard InChI is InChI=1S/C22H36N2O3.2CH2O2/c1-23(2)13-7-15-27-21-18(8-4-9-19(21)26-3)16-24-14-6-12-22(17-24)11-5-10-20(22)25;2*2-1-3/h4,8-9,20,25H,5-7,10-17H2,1-3H3;2*1H,(H,2,3)/t20-,22-;;/m1../s1. The van der Waals surface area contributed by atoms with Gasteiger partial charge in [0.25, 0.3) is 12.9 Å². The Morgan fingerprint density at radius 2 is 1.85 bits per heavy atom. The maximum Gasteiger partial charge on any atom is 0.290 e. The molecule has 0 bridgehead atoms. The second-order valence-corrected chi connectivity index (χ2v) is 8.75. The predicted octanol–water partition coefficient (Wildman–Crippen LogP) is 2.55. The number of methoxy groups -OCH3 is 1.